The van der Waals surface area contributed by atoms with E-state index in [-0.39, 0.29) is 6.10 Å². The monoisotopic (exact) mass is 171 g/mol. The van der Waals surface area contributed by atoms with Gasteiger partial charge in [0.2, 0.25) is 0 Å². The Hall–Kier alpha value is -0.540. The molecule has 0 saturated heterocycles. The van der Waals surface area contributed by atoms with Gasteiger partial charge < -0.3 is 10.4 Å². The molecule has 2 nitrogen and oxygen atoms in total. The second kappa shape index (κ2) is 3.74. The lowest BCUT2D eigenvalue weighted by Gasteiger charge is -2.06. The van der Waals surface area contributed by atoms with Crippen LogP contribution in [-0.2, 0) is 0 Å². The first kappa shape index (κ1) is 8.56. The molecule has 11 heavy (non-hydrogen) atoms. The first-order valence-corrected chi connectivity index (χ1v) is 4.59. The Kier molecular flexibility index (Phi) is 2.91. The molecule has 0 unspecified atom stereocenters. The highest BCUT2D eigenvalue weighted by molar-refractivity contribution is 7.08. The molecule has 0 aromatic carbocycles. The zero-order chi connectivity index (χ0) is 8.27. The van der Waals surface area contributed by atoms with E-state index < -0.39 is 0 Å². The van der Waals surface area contributed by atoms with E-state index in [1.807, 2.05) is 0 Å². The van der Waals surface area contributed by atoms with Crippen molar-refractivity contribution in [1.82, 2.24) is 0 Å². The summed E-state index contributed by atoms with van der Waals surface area (Å²) < 4.78 is 0. The van der Waals surface area contributed by atoms with E-state index in [0.717, 1.165) is 5.69 Å². The van der Waals surface area contributed by atoms with Gasteiger partial charge in [-0.2, -0.15) is 0 Å². The van der Waals surface area contributed by atoms with Crippen LogP contribution in [0.15, 0.2) is 10.8 Å². The number of rotatable bonds is 3. The molecule has 0 radical (unpaired) electrons. The molecule has 0 amide bonds. The molecular formula is C8H13NOS. The van der Waals surface area contributed by atoms with Crippen molar-refractivity contribution in [2.24, 2.45) is 0 Å². The Balaban J connectivity index is 2.44. The average molecular weight is 171 g/mol. The van der Waals surface area contributed by atoms with Crippen molar-refractivity contribution >= 4 is 17.0 Å². The smallest absolute Gasteiger partial charge is 0.0684 e. The summed E-state index contributed by atoms with van der Waals surface area (Å²) in [4.78, 5) is 0. The maximum absolute atomic E-state index is 8.98. The van der Waals surface area contributed by atoms with Crippen LogP contribution < -0.4 is 5.32 Å². The average Bonchev–Trinajstić information content (AvgIpc) is 2.31. The van der Waals surface area contributed by atoms with Crippen molar-refractivity contribution in [2.45, 2.75) is 20.0 Å². The SMILES string of the molecule is Cc1cscc1NC[C@H](C)O. The molecule has 1 aromatic heterocycles. The van der Waals surface area contributed by atoms with Crippen molar-refractivity contribution in [1.29, 1.82) is 0 Å². The van der Waals surface area contributed by atoms with Gasteiger partial charge in [0.1, 0.15) is 0 Å². The van der Waals surface area contributed by atoms with Gasteiger partial charge in [-0.1, -0.05) is 0 Å². The fourth-order valence-corrected chi connectivity index (χ4v) is 1.60. The Morgan fingerprint density at radius 1 is 1.64 bits per heavy atom. The number of thiophene rings is 1. The largest absolute Gasteiger partial charge is 0.392 e. The highest BCUT2D eigenvalue weighted by Gasteiger charge is 1.99. The minimum absolute atomic E-state index is 0.283. The van der Waals surface area contributed by atoms with E-state index in [1.54, 1.807) is 18.3 Å². The number of aliphatic hydroxyl groups excluding tert-OH is 1. The van der Waals surface area contributed by atoms with Crippen LogP contribution in [0, 0.1) is 6.92 Å². The van der Waals surface area contributed by atoms with Gasteiger partial charge in [0.15, 0.2) is 0 Å². The Morgan fingerprint density at radius 3 is 2.82 bits per heavy atom. The summed E-state index contributed by atoms with van der Waals surface area (Å²) in [5, 5.41) is 16.3. The van der Waals surface area contributed by atoms with Gasteiger partial charge in [0.25, 0.3) is 0 Å². The van der Waals surface area contributed by atoms with Crippen LogP contribution in [0.5, 0.6) is 0 Å². The fourth-order valence-electron chi connectivity index (χ4n) is 0.799. The van der Waals surface area contributed by atoms with Crippen LogP contribution >= 0.6 is 11.3 Å². The van der Waals surface area contributed by atoms with Crippen molar-refractivity contribution in [2.75, 3.05) is 11.9 Å². The Labute approximate surface area is 70.9 Å². The molecule has 62 valence electrons. The summed E-state index contributed by atoms with van der Waals surface area (Å²) in [7, 11) is 0. The van der Waals surface area contributed by atoms with Crippen LogP contribution in [-0.4, -0.2) is 17.8 Å². The van der Waals surface area contributed by atoms with Gasteiger partial charge in [0, 0.05) is 17.6 Å². The van der Waals surface area contributed by atoms with E-state index in [1.165, 1.54) is 5.56 Å². The predicted octanol–water partition coefficient (Wildman–Crippen LogP) is 1.85. The highest BCUT2D eigenvalue weighted by atomic mass is 32.1. The first-order chi connectivity index (χ1) is 5.20. The minimum Gasteiger partial charge on any atom is -0.392 e. The van der Waals surface area contributed by atoms with E-state index >= 15 is 0 Å². The Bertz CT molecular complexity index is 220. The summed E-state index contributed by atoms with van der Waals surface area (Å²) >= 11 is 1.67. The maximum Gasteiger partial charge on any atom is 0.0684 e. The molecule has 2 N–H and O–H groups in total. The lowest BCUT2D eigenvalue weighted by atomic mass is 10.3. The van der Waals surface area contributed by atoms with Crippen LogP contribution in [0.1, 0.15) is 12.5 Å². The van der Waals surface area contributed by atoms with Gasteiger partial charge in [-0.05, 0) is 24.8 Å². The van der Waals surface area contributed by atoms with Crippen LogP contribution in [0.3, 0.4) is 0 Å². The molecule has 1 aromatic rings. The number of nitrogens with one attached hydrogen (secondary N) is 1. The third-order valence-electron chi connectivity index (χ3n) is 1.44. The quantitative estimate of drug-likeness (QED) is 0.727. The summed E-state index contributed by atoms with van der Waals surface area (Å²) in [5.41, 5.74) is 2.38. The third-order valence-corrected chi connectivity index (χ3v) is 2.30. The zero-order valence-electron chi connectivity index (χ0n) is 6.79. The lowest BCUT2D eigenvalue weighted by Crippen LogP contribution is -2.15. The minimum atomic E-state index is -0.283. The zero-order valence-corrected chi connectivity index (χ0v) is 7.61. The topological polar surface area (TPSA) is 32.3 Å². The van der Waals surface area contributed by atoms with E-state index in [9.17, 15) is 0 Å². The molecular weight excluding hydrogens is 158 g/mol. The van der Waals surface area contributed by atoms with Gasteiger partial charge in [-0.15, -0.1) is 11.3 Å². The van der Waals surface area contributed by atoms with E-state index in [0.29, 0.717) is 6.54 Å². The molecule has 0 aliphatic carbocycles. The summed E-state index contributed by atoms with van der Waals surface area (Å²) in [5.74, 6) is 0. The van der Waals surface area contributed by atoms with Crippen LogP contribution in [0.25, 0.3) is 0 Å². The molecule has 3 heteroatoms. The van der Waals surface area contributed by atoms with Crippen molar-refractivity contribution in [3.05, 3.63) is 16.3 Å². The molecule has 0 saturated carbocycles. The summed E-state index contributed by atoms with van der Waals surface area (Å²) in [6, 6.07) is 0. The van der Waals surface area contributed by atoms with Gasteiger partial charge in [-0.25, -0.2) is 0 Å². The van der Waals surface area contributed by atoms with Crippen molar-refractivity contribution in [3.63, 3.8) is 0 Å². The molecule has 0 bridgehead atoms. The predicted molar refractivity (Wildman–Crippen MR) is 49.2 cm³/mol. The number of aryl methyl sites for hydroxylation is 1. The highest BCUT2D eigenvalue weighted by Crippen LogP contribution is 2.18. The second-order valence-electron chi connectivity index (χ2n) is 2.70. The summed E-state index contributed by atoms with van der Waals surface area (Å²) in [6.07, 6.45) is -0.283. The molecule has 1 rings (SSSR count). The van der Waals surface area contributed by atoms with Crippen LogP contribution in [0.2, 0.25) is 0 Å². The number of aliphatic hydroxyl groups is 1. The molecule has 0 spiro atoms. The number of anilines is 1. The molecule has 0 aliphatic heterocycles. The number of hydrogen-bond acceptors (Lipinski definition) is 3. The summed E-state index contributed by atoms with van der Waals surface area (Å²) in [6.45, 7) is 4.45. The van der Waals surface area contributed by atoms with Gasteiger partial charge >= 0.3 is 0 Å². The molecule has 0 aliphatic rings. The molecule has 0 fully saturated rings. The molecule has 1 heterocycles. The van der Waals surface area contributed by atoms with Crippen molar-refractivity contribution < 1.29 is 5.11 Å². The van der Waals surface area contributed by atoms with Gasteiger partial charge in [-0.3, -0.25) is 0 Å². The maximum atomic E-state index is 8.98. The fraction of sp³-hybridized carbons (Fsp3) is 0.500. The van der Waals surface area contributed by atoms with E-state index in [4.69, 9.17) is 5.11 Å². The normalized spacial score (nSPS) is 13.0. The van der Waals surface area contributed by atoms with Crippen LogP contribution in [0.4, 0.5) is 5.69 Å². The second-order valence-corrected chi connectivity index (χ2v) is 3.44. The van der Waals surface area contributed by atoms with Crippen molar-refractivity contribution in [3.8, 4) is 0 Å². The molecule has 1 atom stereocenters. The standard InChI is InChI=1S/C8H13NOS/c1-6-4-11-5-8(6)9-3-7(2)10/h4-5,7,9-10H,3H2,1-2H3/t7-/m0/s1. The first-order valence-electron chi connectivity index (χ1n) is 3.65. The van der Waals surface area contributed by atoms with Gasteiger partial charge in [0.05, 0.1) is 6.10 Å². The van der Waals surface area contributed by atoms with E-state index in [2.05, 4.69) is 23.0 Å². The number of hydrogen-bond donors (Lipinski definition) is 2. The lowest BCUT2D eigenvalue weighted by molar-refractivity contribution is 0.208. The Morgan fingerprint density at radius 2 is 2.36 bits per heavy atom. The third kappa shape index (κ3) is 2.52.